The number of amides is 2. The van der Waals surface area contributed by atoms with E-state index >= 15 is 0 Å². The third-order valence-corrected chi connectivity index (χ3v) is 3.44. The average molecular weight is 271 g/mol. The number of carbonyl (C=O) groups excluding carboxylic acids is 1. The van der Waals surface area contributed by atoms with Gasteiger partial charge in [0.25, 0.3) is 0 Å². The van der Waals surface area contributed by atoms with E-state index in [0.717, 1.165) is 25.9 Å². The minimum atomic E-state index is -0.962. The molecule has 1 unspecified atom stereocenters. The molecule has 2 amide bonds. The number of hydrogen-bond acceptors (Lipinski definition) is 3. The minimum Gasteiger partial charge on any atom is -0.480 e. The van der Waals surface area contributed by atoms with E-state index in [9.17, 15) is 9.59 Å². The highest BCUT2D eigenvalue weighted by atomic mass is 16.4. The van der Waals surface area contributed by atoms with Crippen LogP contribution in [-0.4, -0.2) is 78.6 Å². The zero-order valence-corrected chi connectivity index (χ0v) is 12.1. The Bertz CT molecular complexity index is 322. The van der Waals surface area contributed by atoms with Crippen molar-refractivity contribution in [1.29, 1.82) is 0 Å². The monoisotopic (exact) mass is 271 g/mol. The van der Waals surface area contributed by atoms with Gasteiger partial charge in [0.05, 0.1) is 0 Å². The minimum absolute atomic E-state index is 0.182. The van der Waals surface area contributed by atoms with Crippen LogP contribution < -0.4 is 0 Å². The van der Waals surface area contributed by atoms with Crippen molar-refractivity contribution in [2.75, 3.05) is 46.8 Å². The van der Waals surface area contributed by atoms with Crippen molar-refractivity contribution in [3.05, 3.63) is 0 Å². The van der Waals surface area contributed by atoms with Crippen molar-refractivity contribution in [3.8, 4) is 0 Å². The number of aliphatic carboxylic acids is 1. The Balaban J connectivity index is 2.50. The molecule has 110 valence electrons. The second kappa shape index (κ2) is 7.33. The summed E-state index contributed by atoms with van der Waals surface area (Å²) in [6.45, 7) is 4.98. The van der Waals surface area contributed by atoms with Crippen LogP contribution in [0.5, 0.6) is 0 Å². The van der Waals surface area contributed by atoms with Gasteiger partial charge in [-0.1, -0.05) is 6.92 Å². The molecule has 1 saturated heterocycles. The largest absolute Gasteiger partial charge is 0.480 e. The summed E-state index contributed by atoms with van der Waals surface area (Å²) in [7, 11) is 3.83. The van der Waals surface area contributed by atoms with Gasteiger partial charge in [0, 0.05) is 26.7 Å². The highest BCUT2D eigenvalue weighted by Crippen LogP contribution is 2.15. The standard InChI is InChI=1S/C13H25N3O3/c1-4-6-16(10-12(17)18)13(19)15(3)9-11-5-7-14(2)8-11/h11H,4-10H2,1-3H3,(H,17,18). The first-order valence-corrected chi connectivity index (χ1v) is 6.84. The molecule has 0 bridgehead atoms. The summed E-state index contributed by atoms with van der Waals surface area (Å²) in [6, 6.07) is -0.182. The van der Waals surface area contributed by atoms with Crippen molar-refractivity contribution < 1.29 is 14.7 Å². The molecule has 1 rings (SSSR count). The SMILES string of the molecule is CCCN(CC(=O)O)C(=O)N(C)CC1CCN(C)C1. The highest BCUT2D eigenvalue weighted by molar-refractivity contribution is 5.80. The number of carbonyl (C=O) groups is 2. The van der Waals surface area contributed by atoms with Crippen LogP contribution in [0.4, 0.5) is 4.79 Å². The smallest absolute Gasteiger partial charge is 0.323 e. The van der Waals surface area contributed by atoms with Crippen LogP contribution >= 0.6 is 0 Å². The van der Waals surface area contributed by atoms with Crippen LogP contribution in [0.1, 0.15) is 19.8 Å². The van der Waals surface area contributed by atoms with Gasteiger partial charge in [-0.25, -0.2) is 4.79 Å². The maximum absolute atomic E-state index is 12.2. The van der Waals surface area contributed by atoms with Crippen LogP contribution in [0.15, 0.2) is 0 Å². The Labute approximate surface area is 115 Å². The number of likely N-dealkylation sites (tertiary alicyclic amines) is 1. The number of hydrogen-bond donors (Lipinski definition) is 1. The van der Waals surface area contributed by atoms with E-state index in [1.54, 1.807) is 11.9 Å². The summed E-state index contributed by atoms with van der Waals surface area (Å²) >= 11 is 0. The topological polar surface area (TPSA) is 64.1 Å². The molecule has 1 fully saturated rings. The molecule has 1 heterocycles. The molecule has 0 aromatic heterocycles. The molecular formula is C13H25N3O3. The molecule has 1 atom stereocenters. The molecule has 6 nitrogen and oxygen atoms in total. The fourth-order valence-corrected chi connectivity index (χ4v) is 2.56. The zero-order chi connectivity index (χ0) is 14.4. The Hall–Kier alpha value is -1.30. The van der Waals surface area contributed by atoms with Gasteiger partial charge in [0.1, 0.15) is 6.54 Å². The summed E-state index contributed by atoms with van der Waals surface area (Å²) in [5, 5.41) is 8.84. The van der Waals surface area contributed by atoms with Crippen LogP contribution in [0.2, 0.25) is 0 Å². The number of rotatable bonds is 6. The Morgan fingerprint density at radius 1 is 1.42 bits per heavy atom. The van der Waals surface area contributed by atoms with E-state index in [1.807, 2.05) is 6.92 Å². The van der Waals surface area contributed by atoms with Gasteiger partial charge in [-0.2, -0.15) is 0 Å². The number of carboxylic acid groups (broad SMARTS) is 1. The molecule has 0 aromatic carbocycles. The summed E-state index contributed by atoms with van der Waals surface area (Å²) in [4.78, 5) is 28.3. The predicted molar refractivity (Wildman–Crippen MR) is 73.1 cm³/mol. The summed E-state index contributed by atoms with van der Waals surface area (Å²) in [5.74, 6) is -0.469. The van der Waals surface area contributed by atoms with E-state index < -0.39 is 5.97 Å². The molecule has 0 aromatic rings. The van der Waals surface area contributed by atoms with Gasteiger partial charge in [0.15, 0.2) is 0 Å². The lowest BCUT2D eigenvalue weighted by Crippen LogP contribution is -2.45. The third kappa shape index (κ3) is 5.06. The fraction of sp³-hybridized carbons (Fsp3) is 0.846. The molecular weight excluding hydrogens is 246 g/mol. The predicted octanol–water partition coefficient (Wildman–Crippen LogP) is 0.787. The quantitative estimate of drug-likeness (QED) is 0.775. The molecule has 1 aliphatic heterocycles. The fourth-order valence-electron chi connectivity index (χ4n) is 2.56. The van der Waals surface area contributed by atoms with Crippen LogP contribution in [0.3, 0.4) is 0 Å². The van der Waals surface area contributed by atoms with Gasteiger partial charge >= 0.3 is 12.0 Å². The van der Waals surface area contributed by atoms with Gasteiger partial charge in [-0.15, -0.1) is 0 Å². The van der Waals surface area contributed by atoms with Gasteiger partial charge in [-0.3, -0.25) is 4.79 Å². The zero-order valence-electron chi connectivity index (χ0n) is 12.1. The van der Waals surface area contributed by atoms with E-state index in [4.69, 9.17) is 5.11 Å². The molecule has 0 aliphatic carbocycles. The van der Waals surface area contributed by atoms with Crippen molar-refractivity contribution >= 4 is 12.0 Å². The summed E-state index contributed by atoms with van der Waals surface area (Å²) in [6.07, 6.45) is 1.86. The second-order valence-corrected chi connectivity index (χ2v) is 5.40. The molecule has 19 heavy (non-hydrogen) atoms. The van der Waals surface area contributed by atoms with E-state index in [0.29, 0.717) is 19.0 Å². The first-order chi connectivity index (χ1) is 8.93. The molecule has 1 N–H and O–H groups in total. The average Bonchev–Trinajstić information content (AvgIpc) is 2.72. The lowest BCUT2D eigenvalue weighted by atomic mass is 10.1. The highest BCUT2D eigenvalue weighted by Gasteiger charge is 2.25. The molecule has 0 radical (unpaired) electrons. The van der Waals surface area contributed by atoms with Gasteiger partial charge < -0.3 is 19.8 Å². The number of carboxylic acids is 1. The van der Waals surface area contributed by atoms with Crippen LogP contribution in [0.25, 0.3) is 0 Å². The van der Waals surface area contributed by atoms with Crippen LogP contribution in [0, 0.1) is 5.92 Å². The summed E-state index contributed by atoms with van der Waals surface area (Å²) < 4.78 is 0. The second-order valence-electron chi connectivity index (χ2n) is 5.40. The van der Waals surface area contributed by atoms with Crippen molar-refractivity contribution in [2.24, 2.45) is 5.92 Å². The first-order valence-electron chi connectivity index (χ1n) is 6.84. The lowest BCUT2D eigenvalue weighted by molar-refractivity contribution is -0.137. The normalized spacial score (nSPS) is 19.4. The molecule has 0 saturated carbocycles. The first kappa shape index (κ1) is 15.8. The number of nitrogens with zero attached hydrogens (tertiary/aromatic N) is 3. The van der Waals surface area contributed by atoms with E-state index in [-0.39, 0.29) is 12.6 Å². The molecule has 6 heteroatoms. The molecule has 1 aliphatic rings. The number of urea groups is 1. The lowest BCUT2D eigenvalue weighted by Gasteiger charge is -2.28. The van der Waals surface area contributed by atoms with E-state index in [1.165, 1.54) is 4.90 Å². The van der Waals surface area contributed by atoms with Gasteiger partial charge in [-0.05, 0) is 32.4 Å². The van der Waals surface area contributed by atoms with Crippen LogP contribution in [-0.2, 0) is 4.79 Å². The Kier molecular flexibility index (Phi) is 6.08. The maximum Gasteiger partial charge on any atom is 0.323 e. The van der Waals surface area contributed by atoms with Crippen molar-refractivity contribution in [2.45, 2.75) is 19.8 Å². The Morgan fingerprint density at radius 2 is 2.11 bits per heavy atom. The van der Waals surface area contributed by atoms with Gasteiger partial charge in [0.2, 0.25) is 0 Å². The Morgan fingerprint density at radius 3 is 2.58 bits per heavy atom. The van der Waals surface area contributed by atoms with E-state index in [2.05, 4.69) is 11.9 Å². The van der Waals surface area contributed by atoms with Crippen molar-refractivity contribution in [3.63, 3.8) is 0 Å². The maximum atomic E-state index is 12.2. The van der Waals surface area contributed by atoms with Crippen molar-refractivity contribution in [1.82, 2.24) is 14.7 Å². The molecule has 0 spiro atoms. The summed E-state index contributed by atoms with van der Waals surface area (Å²) in [5.41, 5.74) is 0. The third-order valence-electron chi connectivity index (χ3n) is 3.44.